The van der Waals surface area contributed by atoms with Crippen molar-refractivity contribution in [3.05, 3.63) is 0 Å². The molecule has 1 heterocycles. The van der Waals surface area contributed by atoms with Gasteiger partial charge in [0, 0.05) is 32.1 Å². The van der Waals surface area contributed by atoms with Crippen LogP contribution in [0.5, 0.6) is 0 Å². The van der Waals surface area contributed by atoms with Gasteiger partial charge in [0.15, 0.2) is 0 Å². The second kappa shape index (κ2) is 6.54. The zero-order valence-electron chi connectivity index (χ0n) is 11.8. The van der Waals surface area contributed by atoms with Gasteiger partial charge in [-0.1, -0.05) is 0 Å². The van der Waals surface area contributed by atoms with Crippen molar-refractivity contribution in [2.45, 2.75) is 39.7 Å². The van der Waals surface area contributed by atoms with Gasteiger partial charge in [0.25, 0.3) is 0 Å². The molecule has 0 aromatic heterocycles. The van der Waals surface area contributed by atoms with Crippen molar-refractivity contribution >= 4 is 17.8 Å². The van der Waals surface area contributed by atoms with Crippen molar-refractivity contribution in [2.24, 2.45) is 5.92 Å². The third kappa shape index (κ3) is 3.94. The number of carbonyl (C=O) groups is 3. The lowest BCUT2D eigenvalue weighted by Gasteiger charge is -2.28. The van der Waals surface area contributed by atoms with Crippen LogP contribution in [-0.4, -0.2) is 58.4 Å². The maximum atomic E-state index is 12.4. The van der Waals surface area contributed by atoms with E-state index in [9.17, 15) is 14.4 Å². The quantitative estimate of drug-likeness (QED) is 0.765. The number of amides is 2. The minimum Gasteiger partial charge on any atom is -0.481 e. The van der Waals surface area contributed by atoms with E-state index in [0.717, 1.165) is 0 Å². The number of aliphatic carboxylic acids is 1. The van der Waals surface area contributed by atoms with E-state index in [1.54, 1.807) is 9.80 Å². The molecule has 6 heteroatoms. The van der Waals surface area contributed by atoms with Crippen molar-refractivity contribution in [3.8, 4) is 0 Å². The van der Waals surface area contributed by atoms with Crippen LogP contribution in [0.25, 0.3) is 0 Å². The van der Waals surface area contributed by atoms with Gasteiger partial charge in [-0.15, -0.1) is 0 Å². The van der Waals surface area contributed by atoms with Gasteiger partial charge in [-0.2, -0.15) is 0 Å². The molecule has 1 atom stereocenters. The highest BCUT2D eigenvalue weighted by molar-refractivity contribution is 5.89. The van der Waals surface area contributed by atoms with Crippen LogP contribution in [0.15, 0.2) is 0 Å². The number of hydrogen-bond acceptors (Lipinski definition) is 3. The van der Waals surface area contributed by atoms with E-state index in [2.05, 4.69) is 0 Å². The molecule has 6 nitrogen and oxygen atoms in total. The monoisotopic (exact) mass is 270 g/mol. The number of hydrogen-bond donors (Lipinski definition) is 1. The SMILES string of the molecule is CCN1CC(C(=O)N(CCC(=O)O)C(C)C)CC1=O. The van der Waals surface area contributed by atoms with Crippen LogP contribution in [0.3, 0.4) is 0 Å². The topological polar surface area (TPSA) is 77.9 Å². The third-order valence-corrected chi connectivity index (χ3v) is 3.42. The van der Waals surface area contributed by atoms with Crippen molar-refractivity contribution in [3.63, 3.8) is 0 Å². The highest BCUT2D eigenvalue weighted by Gasteiger charge is 2.36. The second-order valence-corrected chi connectivity index (χ2v) is 5.10. The fourth-order valence-corrected chi connectivity index (χ4v) is 2.32. The highest BCUT2D eigenvalue weighted by Crippen LogP contribution is 2.21. The van der Waals surface area contributed by atoms with Gasteiger partial charge < -0.3 is 14.9 Å². The Morgan fingerprint density at radius 3 is 2.53 bits per heavy atom. The first-order chi connectivity index (χ1) is 8.86. The molecule has 1 N–H and O–H groups in total. The van der Waals surface area contributed by atoms with Gasteiger partial charge >= 0.3 is 5.97 Å². The summed E-state index contributed by atoms with van der Waals surface area (Å²) >= 11 is 0. The summed E-state index contributed by atoms with van der Waals surface area (Å²) in [5.74, 6) is -1.36. The Morgan fingerprint density at radius 1 is 1.47 bits per heavy atom. The molecule has 1 unspecified atom stereocenters. The Morgan fingerprint density at radius 2 is 2.11 bits per heavy atom. The van der Waals surface area contributed by atoms with Crippen LogP contribution >= 0.6 is 0 Å². The minimum atomic E-state index is -0.920. The molecule has 1 rings (SSSR count). The first kappa shape index (κ1) is 15.5. The lowest BCUT2D eigenvalue weighted by atomic mass is 10.1. The molecule has 0 spiro atoms. The lowest BCUT2D eigenvalue weighted by molar-refractivity contribution is -0.141. The maximum Gasteiger partial charge on any atom is 0.305 e. The van der Waals surface area contributed by atoms with Crippen molar-refractivity contribution in [2.75, 3.05) is 19.6 Å². The Bertz CT molecular complexity index is 368. The predicted octanol–water partition coefficient (Wildman–Crippen LogP) is 0.566. The molecule has 0 saturated carbocycles. The smallest absolute Gasteiger partial charge is 0.305 e. The highest BCUT2D eigenvalue weighted by atomic mass is 16.4. The normalized spacial score (nSPS) is 19.1. The Labute approximate surface area is 113 Å². The first-order valence-corrected chi connectivity index (χ1v) is 6.66. The van der Waals surface area contributed by atoms with Crippen LogP contribution in [0.2, 0.25) is 0 Å². The Kier molecular flexibility index (Phi) is 5.32. The molecule has 0 aromatic rings. The molecule has 0 radical (unpaired) electrons. The Hall–Kier alpha value is -1.59. The average molecular weight is 270 g/mol. The molecule has 0 bridgehead atoms. The average Bonchev–Trinajstić information content (AvgIpc) is 2.69. The number of nitrogens with zero attached hydrogens (tertiary/aromatic N) is 2. The van der Waals surface area contributed by atoms with Gasteiger partial charge in [-0.25, -0.2) is 0 Å². The summed E-state index contributed by atoms with van der Waals surface area (Å²) < 4.78 is 0. The summed E-state index contributed by atoms with van der Waals surface area (Å²) in [6, 6.07) is -0.0578. The standard InChI is InChI=1S/C13H22N2O4/c1-4-14-8-10(7-11(14)16)13(19)15(9(2)3)6-5-12(17)18/h9-10H,4-8H2,1-3H3,(H,17,18). The number of carbonyl (C=O) groups excluding carboxylic acids is 2. The molecule has 0 aliphatic carbocycles. The van der Waals surface area contributed by atoms with E-state index in [-0.39, 0.29) is 43.2 Å². The Balaban J connectivity index is 2.67. The van der Waals surface area contributed by atoms with Crippen LogP contribution in [0.4, 0.5) is 0 Å². The summed E-state index contributed by atoms with van der Waals surface area (Å²) in [6.45, 7) is 6.85. The summed E-state index contributed by atoms with van der Waals surface area (Å²) in [7, 11) is 0. The lowest BCUT2D eigenvalue weighted by Crippen LogP contribution is -2.42. The van der Waals surface area contributed by atoms with Crippen LogP contribution < -0.4 is 0 Å². The van der Waals surface area contributed by atoms with Gasteiger partial charge in [0.05, 0.1) is 12.3 Å². The molecular weight excluding hydrogens is 248 g/mol. The molecular formula is C13H22N2O4. The van der Waals surface area contributed by atoms with Gasteiger partial charge in [0.1, 0.15) is 0 Å². The van der Waals surface area contributed by atoms with Crippen molar-refractivity contribution in [1.82, 2.24) is 9.80 Å². The summed E-state index contributed by atoms with van der Waals surface area (Å²) in [4.78, 5) is 37.8. The predicted molar refractivity (Wildman–Crippen MR) is 69.5 cm³/mol. The van der Waals surface area contributed by atoms with E-state index >= 15 is 0 Å². The first-order valence-electron chi connectivity index (χ1n) is 6.66. The van der Waals surface area contributed by atoms with Crippen LogP contribution in [0.1, 0.15) is 33.6 Å². The molecule has 1 aliphatic heterocycles. The van der Waals surface area contributed by atoms with E-state index in [0.29, 0.717) is 13.1 Å². The van der Waals surface area contributed by atoms with Gasteiger partial charge in [-0.05, 0) is 20.8 Å². The molecule has 19 heavy (non-hydrogen) atoms. The van der Waals surface area contributed by atoms with E-state index in [1.165, 1.54) is 0 Å². The number of likely N-dealkylation sites (tertiary alicyclic amines) is 1. The third-order valence-electron chi connectivity index (χ3n) is 3.42. The van der Waals surface area contributed by atoms with E-state index in [1.807, 2.05) is 20.8 Å². The van der Waals surface area contributed by atoms with Crippen LogP contribution in [0, 0.1) is 5.92 Å². The van der Waals surface area contributed by atoms with E-state index < -0.39 is 5.97 Å². The zero-order valence-corrected chi connectivity index (χ0v) is 11.8. The van der Waals surface area contributed by atoms with E-state index in [4.69, 9.17) is 5.11 Å². The molecule has 1 saturated heterocycles. The molecule has 1 aliphatic rings. The van der Waals surface area contributed by atoms with Crippen molar-refractivity contribution < 1.29 is 19.5 Å². The van der Waals surface area contributed by atoms with Crippen LogP contribution in [-0.2, 0) is 14.4 Å². The second-order valence-electron chi connectivity index (χ2n) is 5.10. The summed E-state index contributed by atoms with van der Waals surface area (Å²) in [5, 5.41) is 8.71. The fourth-order valence-electron chi connectivity index (χ4n) is 2.32. The fraction of sp³-hybridized carbons (Fsp3) is 0.769. The molecule has 1 fully saturated rings. The van der Waals surface area contributed by atoms with Crippen molar-refractivity contribution in [1.29, 1.82) is 0 Å². The zero-order chi connectivity index (χ0) is 14.6. The number of carboxylic acid groups (broad SMARTS) is 1. The van der Waals surface area contributed by atoms with Gasteiger partial charge in [0.2, 0.25) is 11.8 Å². The minimum absolute atomic E-state index is 0.00258. The summed E-state index contributed by atoms with van der Waals surface area (Å²) in [5.41, 5.74) is 0. The summed E-state index contributed by atoms with van der Waals surface area (Å²) in [6.07, 6.45) is 0.172. The number of carboxylic acids is 1. The molecule has 2 amide bonds. The largest absolute Gasteiger partial charge is 0.481 e. The maximum absolute atomic E-state index is 12.4. The molecule has 0 aromatic carbocycles. The molecule has 108 valence electrons. The number of rotatable bonds is 6. The van der Waals surface area contributed by atoms with Gasteiger partial charge in [-0.3, -0.25) is 14.4 Å².